The van der Waals surface area contributed by atoms with E-state index in [1.807, 2.05) is 0 Å². The normalized spacial score (nSPS) is 26.4. The van der Waals surface area contributed by atoms with E-state index in [1.165, 1.54) is 44.9 Å². The molecule has 0 heterocycles. The van der Waals surface area contributed by atoms with Gasteiger partial charge in [0.25, 0.3) is 0 Å². The van der Waals surface area contributed by atoms with Gasteiger partial charge in [0.15, 0.2) is 0 Å². The number of hydrogen-bond acceptors (Lipinski definition) is 1. The van der Waals surface area contributed by atoms with Crippen LogP contribution in [0.4, 0.5) is 0 Å². The summed E-state index contributed by atoms with van der Waals surface area (Å²) in [5.74, 6) is 1.85. The molecule has 0 aromatic carbocycles. The minimum absolute atomic E-state index is 0.880. The molecule has 0 aromatic rings. The quantitative estimate of drug-likeness (QED) is 0.505. The Kier molecular flexibility index (Phi) is 7.58. The molecule has 0 saturated heterocycles. The van der Waals surface area contributed by atoms with Gasteiger partial charge in [-0.2, -0.15) is 0 Å². The Morgan fingerprint density at radius 1 is 1.12 bits per heavy atom. The molecule has 0 aromatic heterocycles. The Bertz CT molecular complexity index is 186. The first-order chi connectivity index (χ1) is 7.88. The second-order valence-electron chi connectivity index (χ2n) is 5.08. The summed E-state index contributed by atoms with van der Waals surface area (Å²) in [5, 5.41) is 3.45. The summed E-state index contributed by atoms with van der Waals surface area (Å²) in [5.41, 5.74) is 0. The lowest BCUT2D eigenvalue weighted by Crippen LogP contribution is -2.17. The van der Waals surface area contributed by atoms with Crippen molar-refractivity contribution in [3.05, 3.63) is 12.2 Å². The topological polar surface area (TPSA) is 12.0 Å². The number of hydrogen-bond donors (Lipinski definition) is 1. The van der Waals surface area contributed by atoms with Crippen molar-refractivity contribution >= 4 is 0 Å². The molecule has 2 unspecified atom stereocenters. The van der Waals surface area contributed by atoms with Gasteiger partial charge in [-0.3, -0.25) is 0 Å². The van der Waals surface area contributed by atoms with E-state index in [1.54, 1.807) is 0 Å². The minimum Gasteiger partial charge on any atom is -0.316 e. The Morgan fingerprint density at radius 3 is 2.69 bits per heavy atom. The van der Waals surface area contributed by atoms with E-state index in [0.717, 1.165) is 24.9 Å². The summed E-state index contributed by atoms with van der Waals surface area (Å²) in [6, 6.07) is 0. The average Bonchev–Trinajstić information content (AvgIpc) is 2.34. The smallest absolute Gasteiger partial charge is 0.00143 e. The summed E-state index contributed by atoms with van der Waals surface area (Å²) in [6.07, 6.45) is 14.5. The highest BCUT2D eigenvalue weighted by Gasteiger charge is 2.20. The van der Waals surface area contributed by atoms with Crippen LogP contribution >= 0.6 is 0 Å². The van der Waals surface area contributed by atoms with Crippen molar-refractivity contribution in [2.45, 2.75) is 58.8 Å². The fourth-order valence-electron chi connectivity index (χ4n) is 2.75. The van der Waals surface area contributed by atoms with Crippen molar-refractivity contribution in [1.29, 1.82) is 0 Å². The Labute approximate surface area is 102 Å². The van der Waals surface area contributed by atoms with Crippen LogP contribution in [0.25, 0.3) is 0 Å². The van der Waals surface area contributed by atoms with Gasteiger partial charge in [-0.1, -0.05) is 45.3 Å². The average molecular weight is 223 g/mol. The van der Waals surface area contributed by atoms with Crippen molar-refractivity contribution in [2.75, 3.05) is 13.1 Å². The van der Waals surface area contributed by atoms with Crippen LogP contribution < -0.4 is 5.32 Å². The molecular weight excluding hydrogens is 194 g/mol. The second-order valence-corrected chi connectivity index (χ2v) is 5.08. The Hall–Kier alpha value is -0.300. The molecule has 16 heavy (non-hydrogen) atoms. The van der Waals surface area contributed by atoms with E-state index in [-0.39, 0.29) is 0 Å². The highest BCUT2D eigenvalue weighted by molar-refractivity contribution is 4.93. The lowest BCUT2D eigenvalue weighted by Gasteiger charge is -2.28. The maximum atomic E-state index is 3.45. The molecule has 1 N–H and O–H groups in total. The fraction of sp³-hybridized carbons (Fsp3) is 0.867. The van der Waals surface area contributed by atoms with E-state index >= 15 is 0 Å². The fourth-order valence-corrected chi connectivity index (χ4v) is 2.75. The van der Waals surface area contributed by atoms with Crippen LogP contribution in [-0.4, -0.2) is 13.1 Å². The summed E-state index contributed by atoms with van der Waals surface area (Å²) >= 11 is 0. The van der Waals surface area contributed by atoms with Gasteiger partial charge < -0.3 is 5.32 Å². The molecule has 1 fully saturated rings. The molecule has 0 spiro atoms. The molecule has 94 valence electrons. The van der Waals surface area contributed by atoms with Crippen LogP contribution in [-0.2, 0) is 0 Å². The molecule has 0 aliphatic heterocycles. The first-order valence-corrected chi connectivity index (χ1v) is 7.25. The zero-order valence-corrected chi connectivity index (χ0v) is 11.2. The highest BCUT2D eigenvalue weighted by Crippen LogP contribution is 2.32. The number of nitrogens with one attached hydrogen (secondary N) is 1. The third-order valence-corrected chi connectivity index (χ3v) is 3.79. The molecule has 1 aliphatic carbocycles. The van der Waals surface area contributed by atoms with Crippen molar-refractivity contribution in [3.8, 4) is 0 Å². The van der Waals surface area contributed by atoms with E-state index in [0.29, 0.717) is 0 Å². The van der Waals surface area contributed by atoms with Crippen LogP contribution in [0, 0.1) is 11.8 Å². The summed E-state index contributed by atoms with van der Waals surface area (Å²) in [7, 11) is 0. The SMILES string of the molecule is CCCNCCC=CC1CCCCC1CC. The van der Waals surface area contributed by atoms with Crippen molar-refractivity contribution < 1.29 is 0 Å². The number of rotatable bonds is 7. The van der Waals surface area contributed by atoms with Gasteiger partial charge in [0.1, 0.15) is 0 Å². The first kappa shape index (κ1) is 13.8. The van der Waals surface area contributed by atoms with E-state index in [2.05, 4.69) is 31.3 Å². The molecule has 0 radical (unpaired) electrons. The van der Waals surface area contributed by atoms with Gasteiger partial charge in [-0.15, -0.1) is 0 Å². The molecule has 0 bridgehead atoms. The lowest BCUT2D eigenvalue weighted by molar-refractivity contribution is 0.276. The van der Waals surface area contributed by atoms with Crippen molar-refractivity contribution in [3.63, 3.8) is 0 Å². The third kappa shape index (κ3) is 5.16. The zero-order chi connectivity index (χ0) is 11.6. The van der Waals surface area contributed by atoms with Crippen molar-refractivity contribution in [2.24, 2.45) is 11.8 Å². The molecule has 1 nitrogen and oxygen atoms in total. The van der Waals surface area contributed by atoms with Gasteiger partial charge in [-0.05, 0) is 50.6 Å². The van der Waals surface area contributed by atoms with Crippen LogP contribution in [0.5, 0.6) is 0 Å². The Morgan fingerprint density at radius 2 is 1.94 bits per heavy atom. The van der Waals surface area contributed by atoms with Gasteiger partial charge in [0.05, 0.1) is 0 Å². The third-order valence-electron chi connectivity index (χ3n) is 3.79. The minimum atomic E-state index is 0.880. The molecular formula is C15H29N. The van der Waals surface area contributed by atoms with Crippen LogP contribution in [0.1, 0.15) is 58.8 Å². The van der Waals surface area contributed by atoms with Gasteiger partial charge in [0, 0.05) is 0 Å². The number of allylic oxidation sites excluding steroid dienone is 1. The van der Waals surface area contributed by atoms with Crippen LogP contribution in [0.15, 0.2) is 12.2 Å². The summed E-state index contributed by atoms with van der Waals surface area (Å²) in [6.45, 7) is 6.87. The first-order valence-electron chi connectivity index (χ1n) is 7.25. The monoisotopic (exact) mass is 223 g/mol. The molecule has 1 aliphatic rings. The second kappa shape index (κ2) is 8.81. The molecule has 0 amide bonds. The summed E-state index contributed by atoms with van der Waals surface area (Å²) < 4.78 is 0. The lowest BCUT2D eigenvalue weighted by atomic mass is 9.77. The highest BCUT2D eigenvalue weighted by atomic mass is 14.8. The van der Waals surface area contributed by atoms with E-state index in [4.69, 9.17) is 0 Å². The van der Waals surface area contributed by atoms with Crippen molar-refractivity contribution in [1.82, 2.24) is 5.32 Å². The summed E-state index contributed by atoms with van der Waals surface area (Å²) in [4.78, 5) is 0. The maximum absolute atomic E-state index is 3.45. The predicted octanol–water partition coefficient (Wildman–Crippen LogP) is 4.15. The molecule has 1 saturated carbocycles. The zero-order valence-electron chi connectivity index (χ0n) is 11.2. The van der Waals surface area contributed by atoms with Gasteiger partial charge >= 0.3 is 0 Å². The van der Waals surface area contributed by atoms with Gasteiger partial charge in [0.2, 0.25) is 0 Å². The maximum Gasteiger partial charge on any atom is -0.00143 e. The van der Waals surface area contributed by atoms with Gasteiger partial charge in [-0.25, -0.2) is 0 Å². The van der Waals surface area contributed by atoms with E-state index < -0.39 is 0 Å². The Balaban J connectivity index is 2.15. The standard InChI is InChI=1S/C15H29N/c1-3-12-16-13-8-7-11-15-10-6-5-9-14(15)4-2/h7,11,14-16H,3-6,8-10,12-13H2,1-2H3. The largest absolute Gasteiger partial charge is 0.316 e. The molecule has 1 rings (SSSR count). The van der Waals surface area contributed by atoms with E-state index in [9.17, 15) is 0 Å². The molecule has 1 heteroatoms. The predicted molar refractivity (Wildman–Crippen MR) is 72.7 cm³/mol. The molecule has 2 atom stereocenters. The van der Waals surface area contributed by atoms with Crippen LogP contribution in [0.2, 0.25) is 0 Å². The van der Waals surface area contributed by atoms with Crippen LogP contribution in [0.3, 0.4) is 0 Å².